The predicted molar refractivity (Wildman–Crippen MR) is 68.8 cm³/mol. The van der Waals surface area contributed by atoms with E-state index in [0.717, 1.165) is 5.56 Å². The normalized spacial score (nSPS) is 19.4. The van der Waals surface area contributed by atoms with Gasteiger partial charge >= 0.3 is 5.97 Å². The van der Waals surface area contributed by atoms with Crippen LogP contribution in [0.3, 0.4) is 0 Å². The van der Waals surface area contributed by atoms with Crippen molar-refractivity contribution in [2.24, 2.45) is 0 Å². The Balaban J connectivity index is 2.56. The zero-order valence-electron chi connectivity index (χ0n) is 9.68. The van der Waals surface area contributed by atoms with Gasteiger partial charge in [-0.1, -0.05) is 0 Å². The summed E-state index contributed by atoms with van der Waals surface area (Å²) in [7, 11) is 0. The average molecular weight is 314 g/mol. The number of halogens is 1. The Labute approximate surface area is 112 Å². The van der Waals surface area contributed by atoms with Gasteiger partial charge in [0.15, 0.2) is 0 Å². The molecule has 6 heteroatoms. The molecule has 0 aromatic heterocycles. The molecule has 1 heterocycles. The third-order valence-corrected chi connectivity index (χ3v) is 3.42. The number of carbonyl (C=O) groups is 2. The Morgan fingerprint density at radius 1 is 1.50 bits per heavy atom. The fourth-order valence-electron chi connectivity index (χ4n) is 2.08. The summed E-state index contributed by atoms with van der Waals surface area (Å²) in [5.74, 6) is -1.36. The summed E-state index contributed by atoms with van der Waals surface area (Å²) in [5.41, 5.74) is 1.16. The van der Waals surface area contributed by atoms with Crippen LogP contribution in [0.5, 0.6) is 0 Å². The number of aliphatic hydroxyl groups is 1. The van der Waals surface area contributed by atoms with E-state index in [9.17, 15) is 19.8 Å². The van der Waals surface area contributed by atoms with E-state index in [0.29, 0.717) is 10.2 Å². The molecule has 1 unspecified atom stereocenters. The van der Waals surface area contributed by atoms with Gasteiger partial charge in [0.2, 0.25) is 5.91 Å². The number of anilines is 1. The third-order valence-electron chi connectivity index (χ3n) is 2.81. The molecule has 0 spiro atoms. The van der Waals surface area contributed by atoms with Gasteiger partial charge in [-0.15, -0.1) is 0 Å². The largest absolute Gasteiger partial charge is 0.478 e. The van der Waals surface area contributed by atoms with Crippen LogP contribution in [0.25, 0.3) is 0 Å². The number of aryl methyl sites for hydroxylation is 1. The predicted octanol–water partition coefficient (Wildman–Crippen LogP) is 1.55. The molecule has 1 fully saturated rings. The van der Waals surface area contributed by atoms with Crippen LogP contribution in [0.4, 0.5) is 5.69 Å². The second-order valence-electron chi connectivity index (χ2n) is 4.31. The zero-order chi connectivity index (χ0) is 13.4. The molecular formula is C12H12BrNO4. The molecule has 0 saturated carbocycles. The smallest absolute Gasteiger partial charge is 0.337 e. The fraction of sp³-hybridized carbons (Fsp3) is 0.333. The quantitative estimate of drug-likeness (QED) is 0.868. The number of benzene rings is 1. The number of β-amino-alcohol motifs (C(OH)–C–C–N with tert-alkyl or cyclic N) is 1. The number of carboxylic acid groups (broad SMARTS) is 1. The Bertz CT molecular complexity index is 529. The van der Waals surface area contributed by atoms with Gasteiger partial charge in [-0.25, -0.2) is 4.79 Å². The van der Waals surface area contributed by atoms with Gasteiger partial charge in [0.25, 0.3) is 0 Å². The number of rotatable bonds is 2. The lowest BCUT2D eigenvalue weighted by Gasteiger charge is -2.20. The van der Waals surface area contributed by atoms with E-state index in [1.54, 1.807) is 13.0 Å². The molecule has 1 aromatic carbocycles. The van der Waals surface area contributed by atoms with Crippen molar-refractivity contribution in [1.82, 2.24) is 0 Å². The number of amides is 1. The van der Waals surface area contributed by atoms with E-state index in [1.807, 2.05) is 0 Å². The third kappa shape index (κ3) is 2.26. The summed E-state index contributed by atoms with van der Waals surface area (Å²) in [6.45, 7) is 1.91. The number of nitrogens with zero attached hydrogens (tertiary/aromatic N) is 1. The van der Waals surface area contributed by atoms with Crippen LogP contribution >= 0.6 is 15.9 Å². The van der Waals surface area contributed by atoms with Gasteiger partial charge in [-0.2, -0.15) is 0 Å². The Kier molecular flexibility index (Phi) is 3.41. The Morgan fingerprint density at radius 2 is 2.17 bits per heavy atom. The minimum absolute atomic E-state index is 0.0272. The van der Waals surface area contributed by atoms with E-state index in [4.69, 9.17) is 0 Å². The monoisotopic (exact) mass is 313 g/mol. The highest BCUT2D eigenvalue weighted by Gasteiger charge is 2.33. The fourth-order valence-corrected chi connectivity index (χ4v) is 2.87. The van der Waals surface area contributed by atoms with Gasteiger partial charge in [-0.3, -0.25) is 4.79 Å². The van der Waals surface area contributed by atoms with Crippen LogP contribution in [-0.4, -0.2) is 34.7 Å². The standard InChI is InChI=1S/C12H12BrNO4/c1-6-2-8(12(17)18)11(9(13)3-6)14-5-7(15)4-10(14)16/h2-3,7,15H,4-5H2,1H3,(H,17,18). The molecular weight excluding hydrogens is 302 g/mol. The van der Waals surface area contributed by atoms with Crippen LogP contribution in [0.15, 0.2) is 16.6 Å². The average Bonchev–Trinajstić information content (AvgIpc) is 2.56. The summed E-state index contributed by atoms with van der Waals surface area (Å²) in [4.78, 5) is 24.3. The molecule has 1 aliphatic rings. The first-order valence-electron chi connectivity index (χ1n) is 5.42. The first-order valence-corrected chi connectivity index (χ1v) is 6.21. The summed E-state index contributed by atoms with van der Waals surface area (Å²) in [6, 6.07) is 3.26. The number of carbonyl (C=O) groups excluding carboxylic acids is 1. The van der Waals surface area contributed by atoms with E-state index in [1.165, 1.54) is 11.0 Å². The van der Waals surface area contributed by atoms with Crippen molar-refractivity contribution in [3.63, 3.8) is 0 Å². The van der Waals surface area contributed by atoms with Crippen molar-refractivity contribution >= 4 is 33.5 Å². The highest BCUT2D eigenvalue weighted by Crippen LogP contribution is 2.34. The Morgan fingerprint density at radius 3 is 2.67 bits per heavy atom. The van der Waals surface area contributed by atoms with Crippen molar-refractivity contribution in [1.29, 1.82) is 0 Å². The van der Waals surface area contributed by atoms with E-state index >= 15 is 0 Å². The first-order chi connectivity index (χ1) is 8.40. The molecule has 0 aliphatic carbocycles. The maximum atomic E-state index is 11.7. The van der Waals surface area contributed by atoms with Crippen LogP contribution in [0, 0.1) is 6.92 Å². The van der Waals surface area contributed by atoms with Crippen molar-refractivity contribution in [2.75, 3.05) is 11.4 Å². The van der Waals surface area contributed by atoms with Gasteiger partial charge in [0.05, 0.1) is 30.3 Å². The molecule has 1 amide bonds. The number of hydrogen-bond donors (Lipinski definition) is 2. The number of hydrogen-bond acceptors (Lipinski definition) is 3. The van der Waals surface area contributed by atoms with E-state index < -0.39 is 12.1 Å². The second-order valence-corrected chi connectivity index (χ2v) is 5.16. The number of carboxylic acids is 1. The van der Waals surface area contributed by atoms with Crippen LogP contribution in [-0.2, 0) is 4.79 Å². The van der Waals surface area contributed by atoms with Crippen molar-refractivity contribution in [3.05, 3.63) is 27.7 Å². The van der Waals surface area contributed by atoms with Gasteiger partial charge in [0.1, 0.15) is 0 Å². The van der Waals surface area contributed by atoms with Crippen molar-refractivity contribution in [2.45, 2.75) is 19.4 Å². The molecule has 1 atom stereocenters. The lowest BCUT2D eigenvalue weighted by molar-refractivity contribution is -0.117. The summed E-state index contributed by atoms with van der Waals surface area (Å²) >= 11 is 3.28. The molecule has 0 bridgehead atoms. The number of aromatic carboxylic acids is 1. The molecule has 1 aromatic rings. The van der Waals surface area contributed by atoms with Gasteiger partial charge < -0.3 is 15.1 Å². The maximum Gasteiger partial charge on any atom is 0.337 e. The lowest BCUT2D eigenvalue weighted by atomic mass is 10.1. The highest BCUT2D eigenvalue weighted by molar-refractivity contribution is 9.10. The molecule has 2 rings (SSSR count). The SMILES string of the molecule is Cc1cc(Br)c(N2CC(O)CC2=O)c(C(=O)O)c1. The molecule has 18 heavy (non-hydrogen) atoms. The maximum absolute atomic E-state index is 11.7. The molecule has 96 valence electrons. The highest BCUT2D eigenvalue weighted by atomic mass is 79.9. The molecule has 2 N–H and O–H groups in total. The minimum atomic E-state index is -1.09. The van der Waals surface area contributed by atoms with Crippen LogP contribution < -0.4 is 4.90 Å². The van der Waals surface area contributed by atoms with Crippen LogP contribution in [0.1, 0.15) is 22.3 Å². The van der Waals surface area contributed by atoms with Gasteiger partial charge in [0, 0.05) is 4.47 Å². The van der Waals surface area contributed by atoms with Crippen LogP contribution in [0.2, 0.25) is 0 Å². The van der Waals surface area contributed by atoms with E-state index in [-0.39, 0.29) is 24.4 Å². The summed E-state index contributed by atoms with van der Waals surface area (Å²) in [5, 5.41) is 18.7. The molecule has 1 aliphatic heterocycles. The summed E-state index contributed by atoms with van der Waals surface area (Å²) < 4.78 is 0.544. The topological polar surface area (TPSA) is 77.8 Å². The van der Waals surface area contributed by atoms with E-state index in [2.05, 4.69) is 15.9 Å². The summed E-state index contributed by atoms with van der Waals surface area (Å²) in [6.07, 6.45) is -0.716. The minimum Gasteiger partial charge on any atom is -0.478 e. The number of aliphatic hydroxyl groups excluding tert-OH is 1. The lowest BCUT2D eigenvalue weighted by Crippen LogP contribution is -2.27. The first kappa shape index (κ1) is 13.0. The molecule has 0 radical (unpaired) electrons. The molecule has 1 saturated heterocycles. The van der Waals surface area contributed by atoms with Crippen molar-refractivity contribution < 1.29 is 19.8 Å². The van der Waals surface area contributed by atoms with Gasteiger partial charge in [-0.05, 0) is 40.5 Å². The molecule has 5 nitrogen and oxygen atoms in total. The Hall–Kier alpha value is -1.40. The zero-order valence-corrected chi connectivity index (χ0v) is 11.3. The second kappa shape index (κ2) is 4.70. The van der Waals surface area contributed by atoms with Crippen molar-refractivity contribution in [3.8, 4) is 0 Å².